The normalized spacial score (nSPS) is 11.0. The molecule has 0 saturated heterocycles. The highest BCUT2D eigenvalue weighted by Crippen LogP contribution is 2.24. The van der Waals surface area contributed by atoms with Crippen molar-refractivity contribution in [1.29, 1.82) is 0 Å². The minimum Gasteiger partial charge on any atom is -0.494 e. The number of fused-ring (bicyclic) bond motifs is 3. The van der Waals surface area contributed by atoms with Gasteiger partial charge in [-0.25, -0.2) is 0 Å². The summed E-state index contributed by atoms with van der Waals surface area (Å²) in [5, 5.41) is 8.90. The average molecular weight is 318 g/mol. The third kappa shape index (κ3) is 1.95. The van der Waals surface area contributed by atoms with E-state index >= 15 is 0 Å². The number of hydrogen-bond acceptors (Lipinski definition) is 6. The van der Waals surface area contributed by atoms with Gasteiger partial charge in [0.25, 0.3) is 5.56 Å². The standard InChI is InChI=1S/C14H14N4O3S/c1-4-21-14(22)10-12-17(2)13(19)8-6-5-7-9(20-3)11(8)18(12)16-15-10/h5-7H,4H2,1-3H3. The Labute approximate surface area is 131 Å². The first-order chi connectivity index (χ1) is 10.6. The van der Waals surface area contributed by atoms with Gasteiger partial charge in [0, 0.05) is 7.05 Å². The molecule has 0 bridgehead atoms. The summed E-state index contributed by atoms with van der Waals surface area (Å²) in [6, 6.07) is 5.25. The molecule has 0 aliphatic rings. The lowest BCUT2D eigenvalue weighted by atomic mass is 10.2. The van der Waals surface area contributed by atoms with Crippen molar-refractivity contribution in [2.45, 2.75) is 6.92 Å². The molecular formula is C14H14N4O3S. The summed E-state index contributed by atoms with van der Waals surface area (Å²) < 4.78 is 13.7. The summed E-state index contributed by atoms with van der Waals surface area (Å²) in [5.74, 6) is 0.541. The second-order valence-corrected chi connectivity index (χ2v) is 4.99. The Bertz CT molecular complexity index is 945. The molecule has 0 fully saturated rings. The van der Waals surface area contributed by atoms with Crippen LogP contribution in [0.3, 0.4) is 0 Å². The molecule has 0 amide bonds. The van der Waals surface area contributed by atoms with Gasteiger partial charge in [-0.1, -0.05) is 11.3 Å². The second kappa shape index (κ2) is 5.38. The molecule has 8 heteroatoms. The van der Waals surface area contributed by atoms with Gasteiger partial charge in [-0.3, -0.25) is 9.36 Å². The molecule has 1 aromatic carbocycles. The van der Waals surface area contributed by atoms with Gasteiger partial charge >= 0.3 is 0 Å². The number of hydrogen-bond donors (Lipinski definition) is 0. The maximum atomic E-state index is 12.6. The zero-order valence-corrected chi connectivity index (χ0v) is 13.2. The van der Waals surface area contributed by atoms with Crippen molar-refractivity contribution < 1.29 is 9.47 Å². The Morgan fingerprint density at radius 1 is 1.41 bits per heavy atom. The molecule has 114 valence electrons. The Morgan fingerprint density at radius 2 is 2.18 bits per heavy atom. The highest BCUT2D eigenvalue weighted by molar-refractivity contribution is 7.80. The van der Waals surface area contributed by atoms with Crippen LogP contribution >= 0.6 is 12.2 Å². The Balaban J connectivity index is 2.49. The van der Waals surface area contributed by atoms with Crippen LogP contribution in [0.25, 0.3) is 16.6 Å². The summed E-state index contributed by atoms with van der Waals surface area (Å²) in [5.41, 5.74) is 1.22. The smallest absolute Gasteiger partial charge is 0.261 e. The highest BCUT2D eigenvalue weighted by atomic mass is 32.1. The molecule has 0 atom stereocenters. The van der Waals surface area contributed by atoms with E-state index in [1.807, 2.05) is 6.92 Å². The molecule has 0 saturated carbocycles. The number of rotatable bonds is 3. The van der Waals surface area contributed by atoms with E-state index in [1.54, 1.807) is 36.9 Å². The van der Waals surface area contributed by atoms with E-state index in [9.17, 15) is 4.79 Å². The summed E-state index contributed by atoms with van der Waals surface area (Å²) >= 11 is 5.20. The van der Waals surface area contributed by atoms with Gasteiger partial charge in [0.1, 0.15) is 11.3 Å². The lowest BCUT2D eigenvalue weighted by molar-refractivity contribution is 0.337. The first-order valence-corrected chi connectivity index (χ1v) is 7.09. The first kappa shape index (κ1) is 14.5. The number of aryl methyl sites for hydroxylation is 1. The van der Waals surface area contributed by atoms with E-state index < -0.39 is 0 Å². The van der Waals surface area contributed by atoms with Crippen molar-refractivity contribution in [1.82, 2.24) is 19.4 Å². The van der Waals surface area contributed by atoms with Crippen LogP contribution in [0, 0.1) is 0 Å². The van der Waals surface area contributed by atoms with Gasteiger partial charge in [-0.2, -0.15) is 4.52 Å². The molecule has 0 aliphatic carbocycles. The lowest BCUT2D eigenvalue weighted by Gasteiger charge is -2.10. The van der Waals surface area contributed by atoms with Gasteiger partial charge in [-0.05, 0) is 31.3 Å². The topological polar surface area (TPSA) is 70.7 Å². The summed E-state index contributed by atoms with van der Waals surface area (Å²) in [7, 11) is 3.19. The van der Waals surface area contributed by atoms with E-state index in [0.717, 1.165) is 0 Å². The van der Waals surface area contributed by atoms with Crippen molar-refractivity contribution in [2.75, 3.05) is 13.7 Å². The third-order valence-corrected chi connectivity index (χ3v) is 3.71. The maximum absolute atomic E-state index is 12.6. The predicted octanol–water partition coefficient (Wildman–Crippen LogP) is 1.30. The van der Waals surface area contributed by atoms with E-state index in [1.165, 1.54) is 4.57 Å². The van der Waals surface area contributed by atoms with Crippen LogP contribution in [0.2, 0.25) is 0 Å². The van der Waals surface area contributed by atoms with Crippen molar-refractivity contribution in [3.63, 3.8) is 0 Å². The zero-order chi connectivity index (χ0) is 15.9. The van der Waals surface area contributed by atoms with Gasteiger partial charge in [0.2, 0.25) is 5.05 Å². The van der Waals surface area contributed by atoms with Gasteiger partial charge in [-0.15, -0.1) is 5.10 Å². The van der Waals surface area contributed by atoms with Crippen LogP contribution in [-0.4, -0.2) is 38.2 Å². The second-order valence-electron chi connectivity index (χ2n) is 4.61. The van der Waals surface area contributed by atoms with E-state index in [2.05, 4.69) is 10.3 Å². The fourth-order valence-corrected chi connectivity index (χ4v) is 2.66. The molecule has 0 spiro atoms. The molecule has 3 aromatic rings. The summed E-state index contributed by atoms with van der Waals surface area (Å²) in [6.07, 6.45) is 0. The molecule has 22 heavy (non-hydrogen) atoms. The number of thiocarbonyl (C=S) groups is 1. The average Bonchev–Trinajstić information content (AvgIpc) is 2.97. The fourth-order valence-electron chi connectivity index (χ4n) is 2.41. The van der Waals surface area contributed by atoms with E-state index in [0.29, 0.717) is 34.6 Å². The van der Waals surface area contributed by atoms with Gasteiger partial charge in [0.05, 0.1) is 19.1 Å². The predicted molar refractivity (Wildman–Crippen MR) is 85.6 cm³/mol. The minimum atomic E-state index is -0.177. The monoisotopic (exact) mass is 318 g/mol. The van der Waals surface area contributed by atoms with Crippen LogP contribution in [0.5, 0.6) is 5.75 Å². The molecule has 2 heterocycles. The summed E-state index contributed by atoms with van der Waals surface area (Å²) in [6.45, 7) is 2.25. The first-order valence-electron chi connectivity index (χ1n) is 6.68. The van der Waals surface area contributed by atoms with Crippen LogP contribution in [-0.2, 0) is 11.8 Å². The molecule has 0 aliphatic heterocycles. The molecule has 3 rings (SSSR count). The molecule has 0 N–H and O–H groups in total. The van der Waals surface area contributed by atoms with Crippen molar-refractivity contribution in [2.24, 2.45) is 7.05 Å². The van der Waals surface area contributed by atoms with Crippen molar-refractivity contribution in [3.05, 3.63) is 34.2 Å². The number of methoxy groups -OCH3 is 1. The number of benzene rings is 1. The molecular weight excluding hydrogens is 304 g/mol. The fraction of sp³-hybridized carbons (Fsp3) is 0.286. The Morgan fingerprint density at radius 3 is 2.86 bits per heavy atom. The van der Waals surface area contributed by atoms with Crippen molar-refractivity contribution in [3.8, 4) is 5.75 Å². The Kier molecular flexibility index (Phi) is 3.53. The Hall–Kier alpha value is -2.48. The summed E-state index contributed by atoms with van der Waals surface area (Å²) in [4.78, 5) is 12.6. The largest absolute Gasteiger partial charge is 0.494 e. The van der Waals surface area contributed by atoms with Crippen LogP contribution in [0.1, 0.15) is 12.6 Å². The minimum absolute atomic E-state index is 0.177. The van der Waals surface area contributed by atoms with Crippen LogP contribution in [0.15, 0.2) is 23.0 Å². The quantitative estimate of drug-likeness (QED) is 0.678. The van der Waals surface area contributed by atoms with Crippen LogP contribution < -0.4 is 10.3 Å². The molecule has 2 aromatic heterocycles. The number of nitrogens with zero attached hydrogens (tertiary/aromatic N) is 4. The van der Waals surface area contributed by atoms with Gasteiger partial charge in [0.15, 0.2) is 11.3 Å². The van der Waals surface area contributed by atoms with Crippen molar-refractivity contribution >= 4 is 33.8 Å². The number of ether oxygens (including phenoxy) is 2. The van der Waals surface area contributed by atoms with E-state index in [4.69, 9.17) is 21.7 Å². The molecule has 0 radical (unpaired) electrons. The maximum Gasteiger partial charge on any atom is 0.261 e. The van der Waals surface area contributed by atoms with Gasteiger partial charge < -0.3 is 9.47 Å². The van der Waals surface area contributed by atoms with E-state index in [-0.39, 0.29) is 10.6 Å². The number of para-hydroxylation sites is 1. The zero-order valence-electron chi connectivity index (χ0n) is 12.4. The third-order valence-electron chi connectivity index (χ3n) is 3.40. The SMILES string of the molecule is CCOC(=S)c1nnn2c3c(OC)cccc3c(=O)n(C)c12. The molecule has 0 unspecified atom stereocenters. The molecule has 7 nitrogen and oxygen atoms in total. The lowest BCUT2D eigenvalue weighted by Crippen LogP contribution is -2.21. The highest BCUT2D eigenvalue weighted by Gasteiger charge is 2.20. The van der Waals surface area contributed by atoms with Crippen LogP contribution in [0.4, 0.5) is 0 Å². The number of aromatic nitrogens is 4.